The molecule has 1 aromatic heterocycles. The highest BCUT2D eigenvalue weighted by Gasteiger charge is 2.28. The number of aryl methyl sites for hydroxylation is 1. The van der Waals surface area contributed by atoms with Crippen molar-refractivity contribution < 1.29 is 18.7 Å². The standard InChI is InChI=1S/C23H31N3O4/c1-17-22(23(27)24-8-10-25-11-13-29-14-12-25)20-16-26(9-7-21(20)30-17)15-18-3-5-19(28-2)6-4-18/h3-6H,7-16H2,1-2H3,(H,24,27). The maximum atomic E-state index is 12.9. The second-order valence-electron chi connectivity index (χ2n) is 7.95. The van der Waals surface area contributed by atoms with Crippen LogP contribution in [0.25, 0.3) is 0 Å². The molecular formula is C23H31N3O4. The Morgan fingerprint density at radius 2 is 1.90 bits per heavy atom. The van der Waals surface area contributed by atoms with Crippen LogP contribution >= 0.6 is 0 Å². The van der Waals surface area contributed by atoms with Crippen LogP contribution in [0.2, 0.25) is 0 Å². The van der Waals surface area contributed by atoms with Gasteiger partial charge in [0.15, 0.2) is 0 Å². The molecule has 30 heavy (non-hydrogen) atoms. The lowest BCUT2D eigenvalue weighted by molar-refractivity contribution is 0.0383. The van der Waals surface area contributed by atoms with Crippen LogP contribution in [-0.2, 0) is 24.2 Å². The summed E-state index contributed by atoms with van der Waals surface area (Å²) in [4.78, 5) is 17.6. The summed E-state index contributed by atoms with van der Waals surface area (Å²) in [7, 11) is 1.68. The molecule has 162 valence electrons. The molecule has 0 unspecified atom stereocenters. The van der Waals surface area contributed by atoms with Gasteiger partial charge in [-0.05, 0) is 24.6 Å². The fourth-order valence-corrected chi connectivity index (χ4v) is 4.24. The van der Waals surface area contributed by atoms with E-state index in [-0.39, 0.29) is 5.91 Å². The van der Waals surface area contributed by atoms with Gasteiger partial charge in [0.05, 0.1) is 25.9 Å². The molecule has 0 bridgehead atoms. The lowest BCUT2D eigenvalue weighted by Gasteiger charge is -2.27. The van der Waals surface area contributed by atoms with Crippen molar-refractivity contribution in [2.24, 2.45) is 0 Å². The Bertz CT molecular complexity index is 856. The second-order valence-corrected chi connectivity index (χ2v) is 7.95. The molecule has 2 aliphatic heterocycles. The van der Waals surface area contributed by atoms with Gasteiger partial charge in [-0.2, -0.15) is 0 Å². The summed E-state index contributed by atoms with van der Waals surface area (Å²) in [5.74, 6) is 2.50. The molecule has 1 aromatic carbocycles. The number of amides is 1. The number of fused-ring (bicyclic) bond motifs is 1. The Labute approximate surface area is 177 Å². The van der Waals surface area contributed by atoms with Gasteiger partial charge in [-0.3, -0.25) is 14.6 Å². The molecule has 0 aliphatic carbocycles. The summed E-state index contributed by atoms with van der Waals surface area (Å²) < 4.78 is 16.6. The third kappa shape index (κ3) is 4.86. The number of benzene rings is 1. The molecule has 0 radical (unpaired) electrons. The van der Waals surface area contributed by atoms with Crippen LogP contribution in [-0.4, -0.2) is 68.8 Å². The average molecular weight is 414 g/mol. The number of carbonyl (C=O) groups is 1. The first-order chi connectivity index (χ1) is 14.6. The fourth-order valence-electron chi connectivity index (χ4n) is 4.24. The molecule has 4 rings (SSSR count). The Kier molecular flexibility index (Phi) is 6.72. The third-order valence-electron chi connectivity index (χ3n) is 5.91. The predicted octanol–water partition coefficient (Wildman–Crippen LogP) is 2.22. The van der Waals surface area contributed by atoms with Crippen molar-refractivity contribution in [1.29, 1.82) is 0 Å². The van der Waals surface area contributed by atoms with Crippen LogP contribution in [0, 0.1) is 6.92 Å². The van der Waals surface area contributed by atoms with E-state index >= 15 is 0 Å². The summed E-state index contributed by atoms with van der Waals surface area (Å²) in [6.45, 7) is 9.25. The molecule has 7 nitrogen and oxygen atoms in total. The summed E-state index contributed by atoms with van der Waals surface area (Å²) in [5, 5.41) is 3.09. The lowest BCUT2D eigenvalue weighted by Crippen LogP contribution is -2.41. The molecule has 2 aromatic rings. The molecule has 1 amide bonds. The zero-order valence-corrected chi connectivity index (χ0v) is 17.9. The van der Waals surface area contributed by atoms with Gasteiger partial charge in [-0.25, -0.2) is 0 Å². The first kappa shape index (κ1) is 20.9. The van der Waals surface area contributed by atoms with Crippen molar-refractivity contribution in [3.05, 3.63) is 52.5 Å². The number of nitrogens with one attached hydrogen (secondary N) is 1. The molecule has 0 saturated carbocycles. The number of hydrogen-bond donors (Lipinski definition) is 1. The monoisotopic (exact) mass is 413 g/mol. The number of hydrogen-bond acceptors (Lipinski definition) is 6. The van der Waals surface area contributed by atoms with Crippen LogP contribution in [0.15, 0.2) is 28.7 Å². The third-order valence-corrected chi connectivity index (χ3v) is 5.91. The van der Waals surface area contributed by atoms with Gasteiger partial charge in [-0.15, -0.1) is 0 Å². The Balaban J connectivity index is 1.37. The van der Waals surface area contributed by atoms with E-state index < -0.39 is 0 Å². The highest BCUT2D eigenvalue weighted by Crippen LogP contribution is 2.29. The summed E-state index contributed by atoms with van der Waals surface area (Å²) in [6, 6.07) is 8.16. The van der Waals surface area contributed by atoms with Gasteiger partial charge in [0, 0.05) is 57.8 Å². The highest BCUT2D eigenvalue weighted by molar-refractivity contribution is 5.97. The molecule has 3 heterocycles. The average Bonchev–Trinajstić information content (AvgIpc) is 3.10. The van der Waals surface area contributed by atoms with E-state index in [1.165, 1.54) is 5.56 Å². The molecule has 1 N–H and O–H groups in total. The van der Waals surface area contributed by atoms with E-state index in [0.717, 1.165) is 81.7 Å². The Morgan fingerprint density at radius 3 is 2.63 bits per heavy atom. The quantitative estimate of drug-likeness (QED) is 0.751. The van der Waals surface area contributed by atoms with Crippen molar-refractivity contribution in [1.82, 2.24) is 15.1 Å². The highest BCUT2D eigenvalue weighted by atomic mass is 16.5. The Hall–Kier alpha value is -2.35. The normalized spacial score (nSPS) is 17.5. The van der Waals surface area contributed by atoms with Crippen molar-refractivity contribution >= 4 is 5.91 Å². The molecule has 0 atom stereocenters. The van der Waals surface area contributed by atoms with E-state index in [2.05, 4.69) is 27.2 Å². The first-order valence-corrected chi connectivity index (χ1v) is 10.7. The smallest absolute Gasteiger partial charge is 0.255 e. The first-order valence-electron chi connectivity index (χ1n) is 10.7. The van der Waals surface area contributed by atoms with Crippen molar-refractivity contribution in [3.8, 4) is 5.75 Å². The van der Waals surface area contributed by atoms with Gasteiger partial charge in [0.2, 0.25) is 0 Å². The van der Waals surface area contributed by atoms with Gasteiger partial charge in [0.1, 0.15) is 17.3 Å². The van der Waals surface area contributed by atoms with Gasteiger partial charge in [-0.1, -0.05) is 12.1 Å². The van der Waals surface area contributed by atoms with Crippen LogP contribution in [0.1, 0.15) is 33.0 Å². The molecular weight excluding hydrogens is 382 g/mol. The fraction of sp³-hybridized carbons (Fsp3) is 0.522. The van der Waals surface area contributed by atoms with Crippen LogP contribution in [0.3, 0.4) is 0 Å². The van der Waals surface area contributed by atoms with E-state index in [1.54, 1.807) is 7.11 Å². The molecule has 1 fully saturated rings. The summed E-state index contributed by atoms with van der Waals surface area (Å²) >= 11 is 0. The molecule has 2 aliphatic rings. The zero-order chi connectivity index (χ0) is 20.9. The SMILES string of the molecule is COc1ccc(CN2CCc3oc(C)c(C(=O)NCCN4CCOCC4)c3C2)cc1. The van der Waals surface area contributed by atoms with E-state index in [1.807, 2.05) is 19.1 Å². The van der Waals surface area contributed by atoms with Gasteiger partial charge >= 0.3 is 0 Å². The minimum atomic E-state index is -0.0305. The Morgan fingerprint density at radius 1 is 1.13 bits per heavy atom. The number of morpholine rings is 1. The number of nitrogens with zero attached hydrogens (tertiary/aromatic N) is 2. The second kappa shape index (κ2) is 9.64. The van der Waals surface area contributed by atoms with Crippen LogP contribution in [0.5, 0.6) is 5.75 Å². The molecule has 7 heteroatoms. The van der Waals surface area contributed by atoms with E-state index in [9.17, 15) is 4.79 Å². The largest absolute Gasteiger partial charge is 0.497 e. The molecule has 1 saturated heterocycles. The van der Waals surface area contributed by atoms with Gasteiger partial charge < -0.3 is 19.2 Å². The zero-order valence-electron chi connectivity index (χ0n) is 17.9. The maximum Gasteiger partial charge on any atom is 0.255 e. The van der Waals surface area contributed by atoms with Crippen LogP contribution in [0.4, 0.5) is 0 Å². The van der Waals surface area contributed by atoms with Crippen molar-refractivity contribution in [3.63, 3.8) is 0 Å². The lowest BCUT2D eigenvalue weighted by atomic mass is 10.0. The summed E-state index contributed by atoms with van der Waals surface area (Å²) in [6.07, 6.45) is 0.827. The maximum absolute atomic E-state index is 12.9. The number of carbonyl (C=O) groups excluding carboxylic acids is 1. The number of ether oxygens (including phenoxy) is 2. The predicted molar refractivity (Wildman–Crippen MR) is 114 cm³/mol. The van der Waals surface area contributed by atoms with Crippen molar-refractivity contribution in [2.45, 2.75) is 26.4 Å². The minimum Gasteiger partial charge on any atom is -0.497 e. The number of furan rings is 1. The summed E-state index contributed by atoms with van der Waals surface area (Å²) in [5.41, 5.74) is 2.98. The van der Waals surface area contributed by atoms with Crippen LogP contribution < -0.4 is 10.1 Å². The number of methoxy groups -OCH3 is 1. The molecule has 0 spiro atoms. The van der Waals surface area contributed by atoms with E-state index in [4.69, 9.17) is 13.9 Å². The topological polar surface area (TPSA) is 67.2 Å². The van der Waals surface area contributed by atoms with Gasteiger partial charge in [0.25, 0.3) is 5.91 Å². The van der Waals surface area contributed by atoms with E-state index in [0.29, 0.717) is 12.1 Å². The van der Waals surface area contributed by atoms with Crippen molar-refractivity contribution in [2.75, 3.05) is 53.0 Å². The minimum absolute atomic E-state index is 0.0305. The number of rotatable bonds is 7.